The van der Waals surface area contributed by atoms with E-state index < -0.39 is 24.0 Å². The lowest BCUT2D eigenvalue weighted by molar-refractivity contribution is -0.133. The fourth-order valence-corrected chi connectivity index (χ4v) is 2.54. The smallest absolute Gasteiger partial charge is 0.249 e. The molecule has 0 heterocycles. The number of nitrogens with one attached hydrogen (secondary N) is 1. The molecule has 21 heavy (non-hydrogen) atoms. The molecule has 0 fully saturated rings. The van der Waals surface area contributed by atoms with Crippen molar-refractivity contribution in [2.45, 2.75) is 38.8 Å². The van der Waals surface area contributed by atoms with Crippen LogP contribution in [0.1, 0.15) is 25.8 Å². The Bertz CT molecular complexity index is 505. The second kappa shape index (κ2) is 8.33. The van der Waals surface area contributed by atoms with E-state index in [4.69, 9.17) is 5.73 Å². The first-order valence-corrected chi connectivity index (χ1v) is 7.90. The summed E-state index contributed by atoms with van der Waals surface area (Å²) in [6.07, 6.45) is -0.462. The number of amides is 2. The summed E-state index contributed by atoms with van der Waals surface area (Å²) < 4.78 is 0.998. The number of benzene rings is 1. The highest BCUT2D eigenvalue weighted by Crippen LogP contribution is 2.14. The minimum absolute atomic E-state index is 0.188. The molecule has 0 aliphatic rings. The molecule has 1 aromatic rings. The summed E-state index contributed by atoms with van der Waals surface area (Å²) in [7, 11) is 0. The van der Waals surface area contributed by atoms with Crippen molar-refractivity contribution in [1.29, 1.82) is 0 Å². The number of halogens is 1. The normalized spacial score (nSPS) is 13.8. The highest BCUT2D eigenvalue weighted by atomic mass is 127. The molecule has 116 valence electrons. The van der Waals surface area contributed by atoms with Gasteiger partial charge in [0, 0.05) is 9.99 Å². The van der Waals surface area contributed by atoms with Crippen LogP contribution in [0.15, 0.2) is 24.3 Å². The Hall–Kier alpha value is -1.15. The molecule has 0 radical (unpaired) electrons. The monoisotopic (exact) mass is 404 g/mol. The van der Waals surface area contributed by atoms with Crippen LogP contribution >= 0.6 is 22.6 Å². The Morgan fingerprint density at radius 1 is 1.33 bits per heavy atom. The number of carbonyl (C=O) groups excluding carboxylic acids is 2. The molecule has 0 spiro atoms. The van der Waals surface area contributed by atoms with Crippen LogP contribution in [0.25, 0.3) is 0 Å². The Morgan fingerprint density at radius 2 is 1.95 bits per heavy atom. The molecule has 4 N–H and O–H groups in total. The number of aliphatic hydroxyl groups excluding tert-OH is 1. The molecule has 0 bridgehead atoms. The topological polar surface area (TPSA) is 92.4 Å². The van der Waals surface area contributed by atoms with Crippen molar-refractivity contribution < 1.29 is 14.7 Å². The SMILES string of the molecule is CC(C)C[C@@H](O)C(=O)N[C@H](Cc1ccccc1I)C(N)=O. The lowest BCUT2D eigenvalue weighted by atomic mass is 10.0. The number of hydrogen-bond acceptors (Lipinski definition) is 3. The molecule has 1 aromatic carbocycles. The van der Waals surface area contributed by atoms with Gasteiger partial charge in [-0.05, 0) is 46.6 Å². The van der Waals surface area contributed by atoms with E-state index in [1.807, 2.05) is 38.1 Å². The third-order valence-corrected chi connectivity index (χ3v) is 4.09. The van der Waals surface area contributed by atoms with E-state index in [1.165, 1.54) is 0 Å². The second-order valence-electron chi connectivity index (χ2n) is 5.40. The molecule has 6 heteroatoms. The first kappa shape index (κ1) is 17.9. The summed E-state index contributed by atoms with van der Waals surface area (Å²) in [5.41, 5.74) is 6.28. The van der Waals surface area contributed by atoms with Gasteiger partial charge in [-0.15, -0.1) is 0 Å². The van der Waals surface area contributed by atoms with Crippen molar-refractivity contribution in [3.05, 3.63) is 33.4 Å². The lowest BCUT2D eigenvalue weighted by Gasteiger charge is -2.19. The molecule has 2 amide bonds. The van der Waals surface area contributed by atoms with Gasteiger partial charge in [-0.25, -0.2) is 0 Å². The van der Waals surface area contributed by atoms with Gasteiger partial charge in [0.25, 0.3) is 0 Å². The Kier molecular flexibility index (Phi) is 7.10. The number of aliphatic hydroxyl groups is 1. The largest absolute Gasteiger partial charge is 0.383 e. The Morgan fingerprint density at radius 3 is 2.48 bits per heavy atom. The van der Waals surface area contributed by atoms with Gasteiger partial charge >= 0.3 is 0 Å². The van der Waals surface area contributed by atoms with Gasteiger partial charge in [0.05, 0.1) is 0 Å². The van der Waals surface area contributed by atoms with Crippen LogP contribution in [0.2, 0.25) is 0 Å². The highest BCUT2D eigenvalue weighted by molar-refractivity contribution is 14.1. The molecule has 0 unspecified atom stereocenters. The van der Waals surface area contributed by atoms with Crippen LogP contribution in [0.4, 0.5) is 0 Å². The number of primary amides is 1. The lowest BCUT2D eigenvalue weighted by Crippen LogP contribution is -2.49. The van der Waals surface area contributed by atoms with Crippen LogP contribution in [0.3, 0.4) is 0 Å². The molecular weight excluding hydrogens is 383 g/mol. The van der Waals surface area contributed by atoms with E-state index in [1.54, 1.807) is 0 Å². The van der Waals surface area contributed by atoms with Crippen molar-refractivity contribution in [1.82, 2.24) is 5.32 Å². The van der Waals surface area contributed by atoms with Crippen LogP contribution in [-0.2, 0) is 16.0 Å². The predicted octanol–water partition coefficient (Wildman–Crippen LogP) is 1.21. The van der Waals surface area contributed by atoms with Gasteiger partial charge in [-0.1, -0.05) is 32.0 Å². The second-order valence-corrected chi connectivity index (χ2v) is 6.57. The van der Waals surface area contributed by atoms with Gasteiger partial charge in [0.15, 0.2) is 0 Å². The van der Waals surface area contributed by atoms with Crippen molar-refractivity contribution in [2.24, 2.45) is 11.7 Å². The zero-order chi connectivity index (χ0) is 16.0. The number of rotatable bonds is 7. The summed E-state index contributed by atoms with van der Waals surface area (Å²) in [4.78, 5) is 23.4. The molecule has 0 aliphatic carbocycles. The van der Waals surface area contributed by atoms with E-state index in [9.17, 15) is 14.7 Å². The summed E-state index contributed by atoms with van der Waals surface area (Å²) in [5, 5.41) is 12.3. The summed E-state index contributed by atoms with van der Waals surface area (Å²) in [6.45, 7) is 3.82. The van der Waals surface area contributed by atoms with Crippen LogP contribution < -0.4 is 11.1 Å². The summed E-state index contributed by atoms with van der Waals surface area (Å²) in [6, 6.07) is 6.74. The van der Waals surface area contributed by atoms with Crippen molar-refractivity contribution in [3.8, 4) is 0 Å². The van der Waals surface area contributed by atoms with Crippen LogP contribution in [0, 0.1) is 9.49 Å². The Labute approximate surface area is 138 Å². The minimum Gasteiger partial charge on any atom is -0.383 e. The molecule has 0 saturated carbocycles. The average molecular weight is 404 g/mol. The van der Waals surface area contributed by atoms with E-state index in [2.05, 4.69) is 27.9 Å². The maximum Gasteiger partial charge on any atom is 0.249 e. The third-order valence-electron chi connectivity index (χ3n) is 3.04. The highest BCUT2D eigenvalue weighted by Gasteiger charge is 2.24. The van der Waals surface area contributed by atoms with Crippen molar-refractivity contribution in [3.63, 3.8) is 0 Å². The van der Waals surface area contributed by atoms with Crippen molar-refractivity contribution in [2.75, 3.05) is 0 Å². The fourth-order valence-electron chi connectivity index (χ4n) is 1.93. The van der Waals surface area contributed by atoms with Crippen LogP contribution in [0.5, 0.6) is 0 Å². The van der Waals surface area contributed by atoms with E-state index in [0.29, 0.717) is 12.8 Å². The number of carbonyl (C=O) groups is 2. The first-order chi connectivity index (χ1) is 9.81. The minimum atomic E-state index is -1.12. The van der Waals surface area contributed by atoms with Gasteiger partial charge in [-0.2, -0.15) is 0 Å². The molecule has 2 atom stereocenters. The predicted molar refractivity (Wildman–Crippen MR) is 89.4 cm³/mol. The van der Waals surface area contributed by atoms with Gasteiger partial charge in [0.2, 0.25) is 11.8 Å². The Balaban J connectivity index is 2.73. The maximum atomic E-state index is 11.9. The molecule has 5 nitrogen and oxygen atoms in total. The van der Waals surface area contributed by atoms with Crippen LogP contribution in [-0.4, -0.2) is 29.1 Å². The zero-order valence-electron chi connectivity index (χ0n) is 12.2. The van der Waals surface area contributed by atoms with Gasteiger partial charge < -0.3 is 16.2 Å². The molecule has 0 aromatic heterocycles. The number of nitrogens with two attached hydrogens (primary N) is 1. The maximum absolute atomic E-state index is 11.9. The molecule has 0 saturated heterocycles. The zero-order valence-corrected chi connectivity index (χ0v) is 14.3. The quantitative estimate of drug-likeness (QED) is 0.597. The van der Waals surface area contributed by atoms with Gasteiger partial charge in [0.1, 0.15) is 12.1 Å². The standard InChI is InChI=1S/C15H21IN2O3/c1-9(2)7-13(19)15(21)18-12(14(17)20)8-10-5-3-4-6-11(10)16/h3-6,9,12-13,19H,7-8H2,1-2H3,(H2,17,20)(H,18,21)/t12-,13-/m1/s1. The number of hydrogen-bond donors (Lipinski definition) is 3. The fraction of sp³-hybridized carbons (Fsp3) is 0.467. The summed E-state index contributed by atoms with van der Waals surface area (Å²) >= 11 is 2.17. The first-order valence-electron chi connectivity index (χ1n) is 6.82. The molecular formula is C15H21IN2O3. The van der Waals surface area contributed by atoms with Crippen molar-refractivity contribution >= 4 is 34.4 Å². The van der Waals surface area contributed by atoms with E-state index in [0.717, 1.165) is 9.13 Å². The average Bonchev–Trinajstić information content (AvgIpc) is 2.39. The molecule has 1 rings (SSSR count). The van der Waals surface area contributed by atoms with Gasteiger partial charge in [-0.3, -0.25) is 9.59 Å². The third kappa shape index (κ3) is 6.01. The molecule has 0 aliphatic heterocycles. The van der Waals surface area contributed by atoms with E-state index in [-0.39, 0.29) is 5.92 Å². The van der Waals surface area contributed by atoms with E-state index >= 15 is 0 Å². The summed E-state index contributed by atoms with van der Waals surface area (Å²) in [5.74, 6) is -0.981.